The van der Waals surface area contributed by atoms with Gasteiger partial charge >= 0.3 is 12.0 Å². The standard InChI is InChI=1S/C15H22N2O4/c1-4-10(2)13(14(18)19)17-15(20)16-12-8-6-5-7-11(12)9-21-3/h5-8,10,13H,4,9H2,1-3H3,(H,18,19)(H2,16,17,20). The van der Waals surface area contributed by atoms with Crippen LogP contribution < -0.4 is 10.6 Å². The van der Waals surface area contributed by atoms with Crippen LogP contribution in [0.25, 0.3) is 0 Å². The monoisotopic (exact) mass is 294 g/mol. The number of carbonyl (C=O) groups is 2. The van der Waals surface area contributed by atoms with Crippen molar-refractivity contribution in [3.05, 3.63) is 29.8 Å². The van der Waals surface area contributed by atoms with Gasteiger partial charge in [0.1, 0.15) is 6.04 Å². The van der Waals surface area contributed by atoms with E-state index in [1.54, 1.807) is 26.2 Å². The molecule has 0 saturated heterocycles. The first-order valence-electron chi connectivity index (χ1n) is 6.86. The van der Waals surface area contributed by atoms with Gasteiger partial charge in [-0.1, -0.05) is 38.5 Å². The van der Waals surface area contributed by atoms with Gasteiger partial charge < -0.3 is 20.5 Å². The Morgan fingerprint density at radius 2 is 2.00 bits per heavy atom. The number of amides is 2. The molecule has 116 valence electrons. The number of urea groups is 1. The Balaban J connectivity index is 2.74. The summed E-state index contributed by atoms with van der Waals surface area (Å²) in [5, 5.41) is 14.3. The lowest BCUT2D eigenvalue weighted by Gasteiger charge is -2.20. The number of para-hydroxylation sites is 1. The van der Waals surface area contributed by atoms with Crippen LogP contribution in [0.2, 0.25) is 0 Å². The molecule has 2 amide bonds. The molecule has 3 N–H and O–H groups in total. The van der Waals surface area contributed by atoms with Crippen LogP contribution >= 0.6 is 0 Å². The largest absolute Gasteiger partial charge is 0.480 e. The molecule has 21 heavy (non-hydrogen) atoms. The molecule has 0 saturated carbocycles. The van der Waals surface area contributed by atoms with E-state index in [0.29, 0.717) is 18.7 Å². The van der Waals surface area contributed by atoms with Crippen LogP contribution in [0.3, 0.4) is 0 Å². The Hall–Kier alpha value is -2.08. The van der Waals surface area contributed by atoms with E-state index in [-0.39, 0.29) is 5.92 Å². The number of hydrogen-bond acceptors (Lipinski definition) is 3. The lowest BCUT2D eigenvalue weighted by atomic mass is 9.99. The van der Waals surface area contributed by atoms with Gasteiger partial charge in [-0.3, -0.25) is 0 Å². The molecule has 0 aliphatic heterocycles. The molecule has 0 radical (unpaired) electrons. The summed E-state index contributed by atoms with van der Waals surface area (Å²) in [6.07, 6.45) is 0.664. The maximum absolute atomic E-state index is 12.0. The first kappa shape index (κ1) is 17.0. The SMILES string of the molecule is CCC(C)C(NC(=O)Nc1ccccc1COC)C(=O)O. The molecule has 0 spiro atoms. The first-order valence-corrected chi connectivity index (χ1v) is 6.86. The highest BCUT2D eigenvalue weighted by Gasteiger charge is 2.25. The summed E-state index contributed by atoms with van der Waals surface area (Å²) in [5.41, 5.74) is 1.43. The molecule has 0 bridgehead atoms. The Bertz CT molecular complexity index is 490. The molecule has 0 aromatic heterocycles. The van der Waals surface area contributed by atoms with E-state index in [9.17, 15) is 9.59 Å². The molecule has 0 aliphatic rings. The summed E-state index contributed by atoms with van der Waals surface area (Å²) in [6.45, 7) is 4.04. The quantitative estimate of drug-likeness (QED) is 0.721. The lowest BCUT2D eigenvalue weighted by molar-refractivity contribution is -0.140. The first-order chi connectivity index (χ1) is 9.99. The summed E-state index contributed by atoms with van der Waals surface area (Å²) in [5.74, 6) is -1.19. The molecule has 0 aliphatic carbocycles. The maximum Gasteiger partial charge on any atom is 0.326 e. The van der Waals surface area contributed by atoms with Crippen LogP contribution in [0.5, 0.6) is 0 Å². The second-order valence-corrected chi connectivity index (χ2v) is 4.89. The topological polar surface area (TPSA) is 87.7 Å². The van der Waals surface area contributed by atoms with Gasteiger partial charge in [0.25, 0.3) is 0 Å². The molecule has 1 rings (SSSR count). The van der Waals surface area contributed by atoms with Crippen molar-refractivity contribution < 1.29 is 19.4 Å². The Labute approximate surface area is 124 Å². The summed E-state index contributed by atoms with van der Waals surface area (Å²) in [7, 11) is 1.57. The third kappa shape index (κ3) is 5.07. The average Bonchev–Trinajstić information content (AvgIpc) is 2.46. The normalized spacial score (nSPS) is 13.3. The summed E-state index contributed by atoms with van der Waals surface area (Å²) in [4.78, 5) is 23.2. The van der Waals surface area contributed by atoms with Crippen molar-refractivity contribution in [2.24, 2.45) is 5.92 Å². The van der Waals surface area contributed by atoms with E-state index in [0.717, 1.165) is 5.56 Å². The number of benzene rings is 1. The minimum atomic E-state index is -1.04. The van der Waals surface area contributed by atoms with E-state index < -0.39 is 18.0 Å². The Morgan fingerprint density at radius 3 is 2.57 bits per heavy atom. The van der Waals surface area contributed by atoms with Crippen molar-refractivity contribution in [2.45, 2.75) is 32.9 Å². The lowest BCUT2D eigenvalue weighted by Crippen LogP contribution is -2.46. The van der Waals surface area contributed by atoms with Gasteiger partial charge in [0.2, 0.25) is 0 Å². The fourth-order valence-electron chi connectivity index (χ4n) is 1.91. The van der Waals surface area contributed by atoms with Crippen molar-refractivity contribution >= 4 is 17.7 Å². The zero-order valence-corrected chi connectivity index (χ0v) is 12.6. The predicted octanol–water partition coefficient (Wildman–Crippen LogP) is 2.45. The van der Waals surface area contributed by atoms with Crippen LogP contribution in [0.15, 0.2) is 24.3 Å². The van der Waals surface area contributed by atoms with Gasteiger partial charge in [0, 0.05) is 18.4 Å². The van der Waals surface area contributed by atoms with E-state index in [1.165, 1.54) is 0 Å². The molecular weight excluding hydrogens is 272 g/mol. The highest BCUT2D eigenvalue weighted by Crippen LogP contribution is 2.16. The van der Waals surface area contributed by atoms with Gasteiger partial charge in [-0.05, 0) is 12.0 Å². The van der Waals surface area contributed by atoms with E-state index >= 15 is 0 Å². The smallest absolute Gasteiger partial charge is 0.326 e. The number of aliphatic carboxylic acids is 1. The van der Waals surface area contributed by atoms with E-state index in [1.807, 2.05) is 19.1 Å². The number of nitrogens with one attached hydrogen (secondary N) is 2. The summed E-state index contributed by atoms with van der Waals surface area (Å²) in [6, 6.07) is 5.76. The van der Waals surface area contributed by atoms with Crippen molar-refractivity contribution in [1.29, 1.82) is 0 Å². The number of carboxylic acids is 1. The number of anilines is 1. The molecule has 6 nitrogen and oxygen atoms in total. The molecule has 1 aromatic carbocycles. The van der Waals surface area contributed by atoms with Gasteiger partial charge in [-0.2, -0.15) is 0 Å². The fraction of sp³-hybridized carbons (Fsp3) is 0.467. The number of rotatable bonds is 7. The average molecular weight is 294 g/mol. The minimum absolute atomic E-state index is 0.150. The molecule has 6 heteroatoms. The van der Waals surface area contributed by atoms with Crippen LogP contribution in [-0.2, 0) is 16.1 Å². The van der Waals surface area contributed by atoms with Crippen LogP contribution in [0.1, 0.15) is 25.8 Å². The van der Waals surface area contributed by atoms with E-state index in [2.05, 4.69) is 10.6 Å². The van der Waals surface area contributed by atoms with Gasteiger partial charge in [-0.15, -0.1) is 0 Å². The molecular formula is C15H22N2O4. The van der Waals surface area contributed by atoms with Crippen LogP contribution in [0, 0.1) is 5.92 Å². The second-order valence-electron chi connectivity index (χ2n) is 4.89. The maximum atomic E-state index is 12.0. The zero-order valence-electron chi connectivity index (χ0n) is 12.6. The zero-order chi connectivity index (χ0) is 15.8. The Morgan fingerprint density at radius 1 is 1.33 bits per heavy atom. The summed E-state index contributed by atoms with van der Waals surface area (Å²) < 4.78 is 5.06. The molecule has 1 aromatic rings. The Kier molecular flexibility index (Phi) is 6.68. The van der Waals surface area contributed by atoms with Crippen molar-refractivity contribution in [2.75, 3.05) is 12.4 Å². The number of hydrogen-bond donors (Lipinski definition) is 3. The van der Waals surface area contributed by atoms with Gasteiger partial charge in [0.05, 0.1) is 6.61 Å². The van der Waals surface area contributed by atoms with Crippen molar-refractivity contribution in [3.63, 3.8) is 0 Å². The number of carbonyl (C=O) groups excluding carboxylic acids is 1. The number of methoxy groups -OCH3 is 1. The van der Waals surface area contributed by atoms with Crippen molar-refractivity contribution in [3.8, 4) is 0 Å². The number of carboxylic acid groups (broad SMARTS) is 1. The predicted molar refractivity (Wildman–Crippen MR) is 80.2 cm³/mol. The second kappa shape index (κ2) is 8.26. The van der Waals surface area contributed by atoms with Crippen LogP contribution in [-0.4, -0.2) is 30.3 Å². The highest BCUT2D eigenvalue weighted by molar-refractivity contribution is 5.92. The highest BCUT2D eigenvalue weighted by atomic mass is 16.5. The number of ether oxygens (including phenoxy) is 1. The van der Waals surface area contributed by atoms with Crippen LogP contribution in [0.4, 0.5) is 10.5 Å². The third-order valence-corrected chi connectivity index (χ3v) is 3.33. The third-order valence-electron chi connectivity index (χ3n) is 3.33. The van der Waals surface area contributed by atoms with Crippen molar-refractivity contribution in [1.82, 2.24) is 5.32 Å². The molecule has 0 heterocycles. The molecule has 0 fully saturated rings. The summed E-state index contributed by atoms with van der Waals surface area (Å²) >= 11 is 0. The fourth-order valence-corrected chi connectivity index (χ4v) is 1.91. The molecule has 2 unspecified atom stereocenters. The van der Waals surface area contributed by atoms with E-state index in [4.69, 9.17) is 9.84 Å². The van der Waals surface area contributed by atoms with Gasteiger partial charge in [-0.25, -0.2) is 9.59 Å². The minimum Gasteiger partial charge on any atom is -0.480 e. The van der Waals surface area contributed by atoms with Gasteiger partial charge in [0.15, 0.2) is 0 Å². The molecule has 2 atom stereocenters.